The summed E-state index contributed by atoms with van der Waals surface area (Å²) in [6, 6.07) is 12.6. The zero-order chi connectivity index (χ0) is 19.1. The number of aliphatic imine (C=N–C) groups is 2. The van der Waals surface area contributed by atoms with E-state index in [1.54, 1.807) is 0 Å². The maximum absolute atomic E-state index is 4.68. The van der Waals surface area contributed by atoms with Crippen LogP contribution in [0.2, 0.25) is 0 Å². The Morgan fingerprint density at radius 1 is 0.692 bits per heavy atom. The molecular formula is C22H30N4. The van der Waals surface area contributed by atoms with Crippen molar-refractivity contribution in [2.75, 3.05) is 24.7 Å². The first kappa shape index (κ1) is 19.7. The van der Waals surface area contributed by atoms with Crippen LogP contribution in [-0.4, -0.2) is 26.5 Å². The second-order valence-electron chi connectivity index (χ2n) is 7.01. The normalized spacial score (nSPS) is 11.8. The smallest absolute Gasteiger partial charge is 0.0888 e. The summed E-state index contributed by atoms with van der Waals surface area (Å²) in [5.41, 5.74) is 6.22. The molecule has 0 aliphatic carbocycles. The lowest BCUT2D eigenvalue weighted by Crippen LogP contribution is -1.96. The largest absolute Gasteiger partial charge is 0.386 e. The van der Waals surface area contributed by atoms with Crippen molar-refractivity contribution in [3.8, 4) is 11.1 Å². The highest BCUT2D eigenvalue weighted by Gasteiger charge is 2.07. The van der Waals surface area contributed by atoms with Crippen LogP contribution in [0.5, 0.6) is 0 Å². The molecule has 0 saturated carbocycles. The maximum Gasteiger partial charge on any atom is 0.0888 e. The Balaban J connectivity index is 2.49. The molecule has 4 heteroatoms. The zero-order valence-corrected chi connectivity index (χ0v) is 16.7. The summed E-state index contributed by atoms with van der Waals surface area (Å²) in [4.78, 5) is 9.30. The quantitative estimate of drug-likeness (QED) is 0.588. The molecule has 0 atom stereocenters. The molecule has 2 N–H and O–H groups in total. The van der Waals surface area contributed by atoms with Crippen molar-refractivity contribution in [2.45, 2.75) is 27.7 Å². The third kappa shape index (κ3) is 5.19. The molecule has 0 unspecified atom stereocenters. The van der Waals surface area contributed by atoms with Gasteiger partial charge in [-0.05, 0) is 47.2 Å². The Kier molecular flexibility index (Phi) is 6.96. The van der Waals surface area contributed by atoms with Crippen molar-refractivity contribution in [3.05, 3.63) is 36.4 Å². The van der Waals surface area contributed by atoms with Crippen molar-refractivity contribution in [3.63, 3.8) is 0 Å². The number of anilines is 2. The molecule has 0 fully saturated rings. The highest BCUT2D eigenvalue weighted by atomic mass is 14.9. The predicted octanol–water partition coefficient (Wildman–Crippen LogP) is 6.15. The Morgan fingerprint density at radius 3 is 1.81 bits per heavy atom. The number of rotatable bonds is 7. The molecule has 0 radical (unpaired) electrons. The van der Waals surface area contributed by atoms with Gasteiger partial charge in [0.05, 0.1) is 22.7 Å². The summed E-state index contributed by atoms with van der Waals surface area (Å²) < 4.78 is 0. The lowest BCUT2D eigenvalue weighted by molar-refractivity contribution is 0.906. The molecular weight excluding hydrogens is 320 g/mol. The molecule has 4 nitrogen and oxygen atoms in total. The number of nitrogens with one attached hydrogen (secondary N) is 2. The second kappa shape index (κ2) is 9.18. The fourth-order valence-corrected chi connectivity index (χ4v) is 2.52. The Hall–Kier alpha value is -2.62. The van der Waals surface area contributed by atoms with Gasteiger partial charge in [0, 0.05) is 26.5 Å². The van der Waals surface area contributed by atoms with Crippen LogP contribution in [0.25, 0.3) is 11.1 Å². The minimum atomic E-state index is 0.395. The summed E-state index contributed by atoms with van der Waals surface area (Å²) in [6.07, 6.45) is 3.93. The van der Waals surface area contributed by atoms with E-state index < -0.39 is 0 Å². The van der Waals surface area contributed by atoms with Crippen molar-refractivity contribution in [2.24, 2.45) is 21.8 Å². The lowest BCUT2D eigenvalue weighted by Gasteiger charge is -2.12. The van der Waals surface area contributed by atoms with Crippen LogP contribution in [0.3, 0.4) is 0 Å². The third-order valence-electron chi connectivity index (χ3n) is 3.89. The van der Waals surface area contributed by atoms with Gasteiger partial charge in [0.25, 0.3) is 0 Å². The summed E-state index contributed by atoms with van der Waals surface area (Å²) in [5.74, 6) is 0.801. The summed E-state index contributed by atoms with van der Waals surface area (Å²) in [5, 5.41) is 6.44. The molecule has 0 bridgehead atoms. The van der Waals surface area contributed by atoms with Crippen LogP contribution in [0.15, 0.2) is 46.4 Å². The van der Waals surface area contributed by atoms with Gasteiger partial charge in [-0.15, -0.1) is 0 Å². The topological polar surface area (TPSA) is 48.8 Å². The molecule has 0 aromatic heterocycles. The summed E-state index contributed by atoms with van der Waals surface area (Å²) in [7, 11) is 3.86. The van der Waals surface area contributed by atoms with Gasteiger partial charge >= 0.3 is 0 Å². The molecule has 0 spiro atoms. The Bertz CT molecular complexity index is 789. The van der Waals surface area contributed by atoms with Gasteiger partial charge < -0.3 is 10.6 Å². The van der Waals surface area contributed by atoms with Crippen LogP contribution in [0.4, 0.5) is 22.7 Å². The van der Waals surface area contributed by atoms with Crippen LogP contribution in [0.1, 0.15) is 27.7 Å². The van der Waals surface area contributed by atoms with Gasteiger partial charge in [-0.1, -0.05) is 39.8 Å². The Morgan fingerprint density at radius 2 is 1.23 bits per heavy atom. The van der Waals surface area contributed by atoms with Crippen molar-refractivity contribution in [1.29, 1.82) is 0 Å². The number of hydrogen-bond acceptors (Lipinski definition) is 4. The highest BCUT2D eigenvalue weighted by Crippen LogP contribution is 2.35. The third-order valence-corrected chi connectivity index (χ3v) is 3.89. The highest BCUT2D eigenvalue weighted by molar-refractivity contribution is 5.83. The molecule has 2 aromatic carbocycles. The van der Waals surface area contributed by atoms with Gasteiger partial charge in [0.1, 0.15) is 0 Å². The minimum Gasteiger partial charge on any atom is -0.386 e. The molecule has 2 aromatic rings. The van der Waals surface area contributed by atoms with E-state index in [-0.39, 0.29) is 0 Å². The van der Waals surface area contributed by atoms with Crippen molar-refractivity contribution < 1.29 is 0 Å². The van der Waals surface area contributed by atoms with Crippen molar-refractivity contribution in [1.82, 2.24) is 0 Å². The van der Waals surface area contributed by atoms with E-state index in [0.717, 1.165) is 33.9 Å². The average molecular weight is 351 g/mol. The summed E-state index contributed by atoms with van der Waals surface area (Å²) >= 11 is 0. The van der Waals surface area contributed by atoms with Crippen LogP contribution in [-0.2, 0) is 0 Å². The first-order valence-corrected chi connectivity index (χ1v) is 9.17. The fourth-order valence-electron chi connectivity index (χ4n) is 2.52. The van der Waals surface area contributed by atoms with Crippen LogP contribution in [0, 0.1) is 11.8 Å². The van der Waals surface area contributed by atoms with Crippen LogP contribution >= 0.6 is 0 Å². The molecule has 0 amide bonds. The van der Waals surface area contributed by atoms with Gasteiger partial charge in [-0.2, -0.15) is 0 Å². The van der Waals surface area contributed by atoms with Gasteiger partial charge in [-0.25, -0.2) is 0 Å². The number of benzene rings is 2. The second-order valence-corrected chi connectivity index (χ2v) is 7.01. The van der Waals surface area contributed by atoms with E-state index in [1.807, 2.05) is 32.6 Å². The molecule has 0 saturated heterocycles. The van der Waals surface area contributed by atoms with E-state index >= 15 is 0 Å². The molecule has 0 aliphatic rings. The minimum absolute atomic E-state index is 0.395. The maximum atomic E-state index is 4.68. The Labute approximate surface area is 157 Å². The van der Waals surface area contributed by atoms with Crippen molar-refractivity contribution >= 4 is 35.2 Å². The monoisotopic (exact) mass is 350 g/mol. The zero-order valence-electron chi connectivity index (χ0n) is 16.7. The average Bonchev–Trinajstić information content (AvgIpc) is 2.64. The molecule has 0 aliphatic heterocycles. The first-order chi connectivity index (χ1) is 12.4. The fraction of sp³-hybridized carbons (Fsp3) is 0.364. The van der Waals surface area contributed by atoms with Gasteiger partial charge in [-0.3, -0.25) is 9.98 Å². The van der Waals surface area contributed by atoms with E-state index in [0.29, 0.717) is 11.8 Å². The van der Waals surface area contributed by atoms with Gasteiger partial charge in [0.2, 0.25) is 0 Å². The standard InChI is InChI=1S/C22H30N4/c1-15(2)13-25-20-10-8-18(12-22(20)26-14-16(3)4)17-7-9-19(23-5)21(11-17)24-6/h7-16,23-24H,1-6H3. The van der Waals surface area contributed by atoms with E-state index in [2.05, 4.69) is 78.6 Å². The number of hydrogen-bond donors (Lipinski definition) is 2. The van der Waals surface area contributed by atoms with Crippen LogP contribution < -0.4 is 10.6 Å². The first-order valence-electron chi connectivity index (χ1n) is 9.17. The number of nitrogens with zero attached hydrogens (tertiary/aromatic N) is 2. The molecule has 138 valence electrons. The van der Waals surface area contributed by atoms with E-state index in [4.69, 9.17) is 0 Å². The molecule has 0 heterocycles. The molecule has 2 rings (SSSR count). The van der Waals surface area contributed by atoms with Gasteiger partial charge in [0.15, 0.2) is 0 Å². The summed E-state index contributed by atoms with van der Waals surface area (Å²) in [6.45, 7) is 8.50. The molecule has 26 heavy (non-hydrogen) atoms. The SMILES string of the molecule is CNc1ccc(-c2ccc(N=CC(C)C)c(N=CC(C)C)c2)cc1NC. The van der Waals surface area contributed by atoms with E-state index in [1.165, 1.54) is 0 Å². The lowest BCUT2D eigenvalue weighted by atomic mass is 10.0. The van der Waals surface area contributed by atoms with E-state index in [9.17, 15) is 0 Å². The predicted molar refractivity (Wildman–Crippen MR) is 117 cm³/mol.